The van der Waals surface area contributed by atoms with Gasteiger partial charge in [-0.25, -0.2) is 0 Å². The first-order chi connectivity index (χ1) is 14.8. The summed E-state index contributed by atoms with van der Waals surface area (Å²) >= 11 is 9.90. The van der Waals surface area contributed by atoms with E-state index in [9.17, 15) is 19.5 Å². The zero-order valence-corrected chi connectivity index (χ0v) is 19.6. The van der Waals surface area contributed by atoms with Crippen molar-refractivity contribution in [2.24, 2.45) is 11.8 Å². The molecule has 3 aliphatic heterocycles. The fourth-order valence-electron chi connectivity index (χ4n) is 5.36. The summed E-state index contributed by atoms with van der Waals surface area (Å²) in [6, 6.07) is 4.37. The SMILES string of the molecule is CNC(=O)[C@H]1[C@@H]2OC3(CC2Br)C(C(=O)Nc2c(C)cccc2Cl)N(CCCO)C(=O)[C@H]13. The average molecular weight is 515 g/mol. The van der Waals surface area contributed by atoms with Crippen LogP contribution in [0, 0.1) is 18.8 Å². The van der Waals surface area contributed by atoms with Crippen LogP contribution in [0.1, 0.15) is 18.4 Å². The fraction of sp³-hybridized carbons (Fsp3) is 0.571. The third kappa shape index (κ3) is 3.37. The Balaban J connectivity index is 1.74. The van der Waals surface area contributed by atoms with Gasteiger partial charge in [0, 0.05) is 25.0 Å². The van der Waals surface area contributed by atoms with E-state index in [2.05, 4.69) is 26.6 Å². The minimum absolute atomic E-state index is 0.122. The van der Waals surface area contributed by atoms with Gasteiger partial charge in [0.1, 0.15) is 11.6 Å². The highest BCUT2D eigenvalue weighted by Crippen LogP contribution is 2.60. The molecular formula is C21H25BrClN3O5. The number of nitrogens with zero attached hydrogens (tertiary/aromatic N) is 1. The first-order valence-corrected chi connectivity index (χ1v) is 11.6. The van der Waals surface area contributed by atoms with Gasteiger partial charge in [-0.1, -0.05) is 39.7 Å². The Bertz CT molecular complexity index is 910. The van der Waals surface area contributed by atoms with Crippen molar-refractivity contribution in [1.29, 1.82) is 0 Å². The number of amides is 3. The van der Waals surface area contributed by atoms with E-state index < -0.39 is 35.5 Å². The molecule has 3 fully saturated rings. The van der Waals surface area contributed by atoms with E-state index in [0.717, 1.165) is 5.56 Å². The highest BCUT2D eigenvalue weighted by atomic mass is 79.9. The molecule has 31 heavy (non-hydrogen) atoms. The maximum Gasteiger partial charge on any atom is 0.250 e. The van der Waals surface area contributed by atoms with Crippen molar-refractivity contribution >= 4 is 50.9 Å². The van der Waals surface area contributed by atoms with Crippen LogP contribution < -0.4 is 10.6 Å². The first kappa shape index (κ1) is 22.5. The number of alkyl halides is 1. The predicted octanol–water partition coefficient (Wildman–Crippen LogP) is 1.46. The van der Waals surface area contributed by atoms with Gasteiger partial charge in [-0.05, 0) is 31.4 Å². The minimum Gasteiger partial charge on any atom is -0.396 e. The van der Waals surface area contributed by atoms with E-state index in [0.29, 0.717) is 23.6 Å². The predicted molar refractivity (Wildman–Crippen MR) is 118 cm³/mol. The topological polar surface area (TPSA) is 108 Å². The van der Waals surface area contributed by atoms with Gasteiger partial charge in [0.05, 0.1) is 28.6 Å². The van der Waals surface area contributed by atoms with Crippen LogP contribution in [0.3, 0.4) is 0 Å². The molecule has 0 aliphatic carbocycles. The quantitative estimate of drug-likeness (QED) is 0.498. The Hall–Kier alpha value is -1.68. The Labute approximate surface area is 193 Å². The van der Waals surface area contributed by atoms with Crippen LogP contribution in [0.5, 0.6) is 0 Å². The number of rotatable bonds is 6. The van der Waals surface area contributed by atoms with Crippen molar-refractivity contribution in [3.8, 4) is 0 Å². The molecule has 0 radical (unpaired) electrons. The van der Waals surface area contributed by atoms with Crippen LogP contribution in [0.4, 0.5) is 5.69 Å². The fourth-order valence-corrected chi connectivity index (χ4v) is 6.57. The molecular weight excluding hydrogens is 490 g/mol. The molecule has 8 nitrogen and oxygen atoms in total. The second-order valence-corrected chi connectivity index (χ2v) is 9.89. The summed E-state index contributed by atoms with van der Waals surface area (Å²) in [4.78, 5) is 41.0. The molecule has 1 aromatic carbocycles. The number of hydrogen-bond acceptors (Lipinski definition) is 5. The van der Waals surface area contributed by atoms with Crippen molar-refractivity contribution < 1.29 is 24.2 Å². The smallest absolute Gasteiger partial charge is 0.250 e. The summed E-state index contributed by atoms with van der Waals surface area (Å²) in [5, 5.41) is 15.3. The lowest BCUT2D eigenvalue weighted by Gasteiger charge is -2.34. The molecule has 3 heterocycles. The second-order valence-electron chi connectivity index (χ2n) is 8.31. The molecule has 3 amide bonds. The maximum atomic E-state index is 13.6. The number of hydrogen-bond donors (Lipinski definition) is 3. The number of aryl methyl sites for hydroxylation is 1. The zero-order chi connectivity index (χ0) is 22.5. The van der Waals surface area contributed by atoms with E-state index in [1.54, 1.807) is 12.1 Å². The summed E-state index contributed by atoms with van der Waals surface area (Å²) in [5.41, 5.74) is 0.149. The van der Waals surface area contributed by atoms with Crippen molar-refractivity contribution in [1.82, 2.24) is 10.2 Å². The molecule has 168 valence electrons. The molecule has 6 atom stereocenters. The number of carbonyl (C=O) groups excluding carboxylic acids is 3. The number of aliphatic hydroxyl groups excluding tert-OH is 1. The number of anilines is 1. The molecule has 2 bridgehead atoms. The molecule has 3 N–H and O–H groups in total. The van der Waals surface area contributed by atoms with Gasteiger partial charge in [0.2, 0.25) is 17.7 Å². The van der Waals surface area contributed by atoms with Crippen molar-refractivity contribution in [2.45, 2.75) is 42.3 Å². The van der Waals surface area contributed by atoms with Crippen molar-refractivity contribution in [2.75, 3.05) is 25.5 Å². The Morgan fingerprint density at radius 1 is 1.39 bits per heavy atom. The standard InChI is InChI=1S/C21H25BrClN3O5/c1-10-5-3-6-12(23)15(10)25-19(29)17-21-9-11(22)16(31-21)13(18(28)24-2)14(21)20(30)26(17)7-4-8-27/h3,5-6,11,13-14,16-17,27H,4,7-9H2,1-2H3,(H,24,28)(H,25,29)/t11?,13-,14+,16-,17?,21?/m1/s1. The van der Waals surface area contributed by atoms with Gasteiger partial charge >= 0.3 is 0 Å². The lowest BCUT2D eigenvalue weighted by molar-refractivity contribution is -0.140. The largest absolute Gasteiger partial charge is 0.396 e. The Morgan fingerprint density at radius 2 is 2.13 bits per heavy atom. The number of benzene rings is 1. The Kier molecular flexibility index (Phi) is 6.06. The summed E-state index contributed by atoms with van der Waals surface area (Å²) < 4.78 is 6.32. The minimum atomic E-state index is -1.12. The molecule has 1 aromatic rings. The molecule has 3 aliphatic rings. The molecule has 10 heteroatoms. The van der Waals surface area contributed by atoms with Crippen molar-refractivity contribution in [3.63, 3.8) is 0 Å². The van der Waals surface area contributed by atoms with Gasteiger partial charge in [0.15, 0.2) is 0 Å². The summed E-state index contributed by atoms with van der Waals surface area (Å²) in [7, 11) is 1.53. The van der Waals surface area contributed by atoms with Crippen LogP contribution in [-0.4, -0.2) is 70.5 Å². The number of carbonyl (C=O) groups is 3. The van der Waals surface area contributed by atoms with Crippen LogP contribution in [-0.2, 0) is 19.1 Å². The highest BCUT2D eigenvalue weighted by Gasteiger charge is 2.76. The number of fused-ring (bicyclic) bond motifs is 1. The van der Waals surface area contributed by atoms with Gasteiger partial charge in [-0.3, -0.25) is 14.4 Å². The van der Waals surface area contributed by atoms with E-state index >= 15 is 0 Å². The van der Waals surface area contributed by atoms with Crippen LogP contribution in [0.15, 0.2) is 18.2 Å². The average Bonchev–Trinajstić information content (AvgIpc) is 3.32. The monoisotopic (exact) mass is 513 g/mol. The van der Waals surface area contributed by atoms with Gasteiger partial charge in [0.25, 0.3) is 0 Å². The molecule has 0 aromatic heterocycles. The molecule has 4 rings (SSSR count). The normalized spacial score (nSPS) is 33.5. The molecule has 3 saturated heterocycles. The third-order valence-electron chi connectivity index (χ3n) is 6.61. The lowest BCUT2D eigenvalue weighted by atomic mass is 9.70. The summed E-state index contributed by atoms with van der Waals surface area (Å²) in [5.74, 6) is -2.43. The van der Waals surface area contributed by atoms with Gasteiger partial charge < -0.3 is 25.4 Å². The number of likely N-dealkylation sites (tertiary alicyclic amines) is 1. The van der Waals surface area contributed by atoms with Crippen LogP contribution >= 0.6 is 27.5 Å². The van der Waals surface area contributed by atoms with E-state index in [4.69, 9.17) is 16.3 Å². The van der Waals surface area contributed by atoms with E-state index in [1.165, 1.54) is 11.9 Å². The van der Waals surface area contributed by atoms with Crippen LogP contribution in [0.2, 0.25) is 5.02 Å². The molecule has 0 saturated carbocycles. The number of aliphatic hydroxyl groups is 1. The van der Waals surface area contributed by atoms with E-state index in [1.807, 2.05) is 13.0 Å². The van der Waals surface area contributed by atoms with Gasteiger partial charge in [-0.15, -0.1) is 0 Å². The van der Waals surface area contributed by atoms with E-state index in [-0.39, 0.29) is 29.8 Å². The third-order valence-corrected chi connectivity index (χ3v) is 7.77. The lowest BCUT2D eigenvalue weighted by Crippen LogP contribution is -2.54. The summed E-state index contributed by atoms with van der Waals surface area (Å²) in [6.45, 7) is 1.90. The number of halogens is 2. The highest BCUT2D eigenvalue weighted by molar-refractivity contribution is 9.09. The zero-order valence-electron chi connectivity index (χ0n) is 17.2. The maximum absolute atomic E-state index is 13.6. The summed E-state index contributed by atoms with van der Waals surface area (Å²) in [6.07, 6.45) is 0.248. The van der Waals surface area contributed by atoms with Gasteiger partial charge in [-0.2, -0.15) is 0 Å². The molecule has 3 unspecified atom stereocenters. The van der Waals surface area contributed by atoms with Crippen molar-refractivity contribution in [3.05, 3.63) is 28.8 Å². The number of ether oxygens (including phenoxy) is 1. The molecule has 1 spiro atoms. The first-order valence-electron chi connectivity index (χ1n) is 10.3. The number of para-hydroxylation sites is 1. The second kappa shape index (κ2) is 8.35. The van der Waals surface area contributed by atoms with Crippen LogP contribution in [0.25, 0.3) is 0 Å². The Morgan fingerprint density at radius 3 is 2.77 bits per heavy atom. The number of nitrogens with one attached hydrogen (secondary N) is 2.